The maximum Gasteiger partial charge on any atom is 0.255 e. The number of benzene rings is 2. The second-order valence-corrected chi connectivity index (χ2v) is 5.31. The van der Waals surface area contributed by atoms with Crippen molar-refractivity contribution in [1.82, 2.24) is 4.57 Å². The molecule has 0 radical (unpaired) electrons. The number of carbonyl (C=O) groups is 1. The molecule has 0 unspecified atom stereocenters. The predicted molar refractivity (Wildman–Crippen MR) is 90.8 cm³/mol. The first kappa shape index (κ1) is 15.7. The fraction of sp³-hybridized carbons (Fsp3) is 0.0526. The van der Waals surface area contributed by atoms with E-state index >= 15 is 0 Å². The summed E-state index contributed by atoms with van der Waals surface area (Å²) in [6.07, 6.45) is 1.71. The summed E-state index contributed by atoms with van der Waals surface area (Å²) in [4.78, 5) is 24.1. The lowest BCUT2D eigenvalue weighted by atomic mass is 10.1. The number of amides is 1. The average Bonchev–Trinajstić information content (AvgIpc) is 2.59. The third-order valence-corrected chi connectivity index (χ3v) is 3.51. The summed E-state index contributed by atoms with van der Waals surface area (Å²) in [7, 11) is 0. The quantitative estimate of drug-likeness (QED) is 0.802. The maximum absolute atomic E-state index is 12.9. The third kappa shape index (κ3) is 3.76. The van der Waals surface area contributed by atoms with Crippen LogP contribution in [0.2, 0.25) is 0 Å². The second kappa shape index (κ2) is 6.91. The standard InChI is InChI=1S/C19H15FN2O2/c20-15-8-6-14(7-9-15)12-18(23)21-16-10-11-19(24)22(13-16)17-4-2-1-3-5-17/h1-11,13H,12H2,(H,21,23). The predicted octanol–water partition coefficient (Wildman–Crippen LogP) is 3.16. The molecule has 0 aliphatic carbocycles. The van der Waals surface area contributed by atoms with Gasteiger partial charge in [0.2, 0.25) is 5.91 Å². The van der Waals surface area contributed by atoms with Crippen LogP contribution in [0.25, 0.3) is 5.69 Å². The number of nitrogens with one attached hydrogen (secondary N) is 1. The Morgan fingerprint density at radius 2 is 1.67 bits per heavy atom. The summed E-state index contributed by atoms with van der Waals surface area (Å²) in [5.74, 6) is -0.575. The van der Waals surface area contributed by atoms with Crippen molar-refractivity contribution in [1.29, 1.82) is 0 Å². The van der Waals surface area contributed by atoms with Gasteiger partial charge >= 0.3 is 0 Å². The van der Waals surface area contributed by atoms with E-state index in [1.165, 1.54) is 22.8 Å². The van der Waals surface area contributed by atoms with Crippen molar-refractivity contribution in [2.24, 2.45) is 0 Å². The zero-order chi connectivity index (χ0) is 16.9. The fourth-order valence-corrected chi connectivity index (χ4v) is 2.34. The molecule has 0 aliphatic heterocycles. The van der Waals surface area contributed by atoms with Gasteiger partial charge in [0.15, 0.2) is 0 Å². The highest BCUT2D eigenvalue weighted by molar-refractivity contribution is 5.92. The molecule has 120 valence electrons. The SMILES string of the molecule is O=C(Cc1ccc(F)cc1)Nc1ccc(=O)n(-c2ccccc2)c1. The molecular weight excluding hydrogens is 307 g/mol. The summed E-state index contributed by atoms with van der Waals surface area (Å²) < 4.78 is 14.3. The van der Waals surface area contributed by atoms with E-state index in [-0.39, 0.29) is 23.7 Å². The Morgan fingerprint density at radius 1 is 0.958 bits per heavy atom. The maximum atomic E-state index is 12.9. The Balaban J connectivity index is 1.77. The molecule has 0 saturated carbocycles. The van der Waals surface area contributed by atoms with E-state index < -0.39 is 0 Å². The first-order valence-electron chi connectivity index (χ1n) is 7.44. The largest absolute Gasteiger partial charge is 0.324 e. The van der Waals surface area contributed by atoms with Crippen molar-refractivity contribution < 1.29 is 9.18 Å². The Kier molecular flexibility index (Phi) is 4.52. The van der Waals surface area contributed by atoms with Crippen molar-refractivity contribution in [3.63, 3.8) is 0 Å². The number of anilines is 1. The molecule has 1 heterocycles. The molecule has 3 aromatic rings. The van der Waals surface area contributed by atoms with Gasteiger partial charge in [-0.2, -0.15) is 0 Å². The summed E-state index contributed by atoms with van der Waals surface area (Å²) in [5, 5.41) is 2.75. The Hall–Kier alpha value is -3.21. The normalized spacial score (nSPS) is 10.4. The highest BCUT2D eigenvalue weighted by atomic mass is 19.1. The molecule has 0 fully saturated rings. The molecule has 0 spiro atoms. The molecule has 4 nitrogen and oxygen atoms in total. The summed E-state index contributed by atoms with van der Waals surface area (Å²) >= 11 is 0. The van der Waals surface area contributed by atoms with E-state index in [1.807, 2.05) is 30.3 Å². The van der Waals surface area contributed by atoms with Crippen LogP contribution in [0.5, 0.6) is 0 Å². The first-order valence-corrected chi connectivity index (χ1v) is 7.44. The van der Waals surface area contributed by atoms with Crippen molar-refractivity contribution >= 4 is 11.6 Å². The van der Waals surface area contributed by atoms with Crippen molar-refractivity contribution in [3.05, 3.63) is 94.7 Å². The zero-order valence-electron chi connectivity index (χ0n) is 12.8. The minimum absolute atomic E-state index is 0.130. The van der Waals surface area contributed by atoms with E-state index in [1.54, 1.807) is 24.4 Å². The lowest BCUT2D eigenvalue weighted by Gasteiger charge is -2.09. The fourth-order valence-electron chi connectivity index (χ4n) is 2.34. The van der Waals surface area contributed by atoms with Crippen LogP contribution in [0.15, 0.2) is 77.7 Å². The van der Waals surface area contributed by atoms with E-state index in [0.29, 0.717) is 11.3 Å². The van der Waals surface area contributed by atoms with Gasteiger partial charge < -0.3 is 5.32 Å². The van der Waals surface area contributed by atoms with Gasteiger partial charge in [0, 0.05) is 18.0 Å². The second-order valence-electron chi connectivity index (χ2n) is 5.31. The Bertz CT molecular complexity index is 903. The average molecular weight is 322 g/mol. The minimum atomic E-state index is -0.339. The highest BCUT2D eigenvalue weighted by Crippen LogP contribution is 2.10. The molecule has 5 heteroatoms. The summed E-state index contributed by atoms with van der Waals surface area (Å²) in [6.45, 7) is 0. The molecule has 3 rings (SSSR count). The van der Waals surface area contributed by atoms with E-state index in [9.17, 15) is 14.0 Å². The third-order valence-electron chi connectivity index (χ3n) is 3.51. The van der Waals surface area contributed by atoms with Crippen LogP contribution >= 0.6 is 0 Å². The van der Waals surface area contributed by atoms with Gasteiger partial charge in [-0.25, -0.2) is 4.39 Å². The van der Waals surface area contributed by atoms with Crippen LogP contribution in [0, 0.1) is 5.82 Å². The van der Waals surface area contributed by atoms with E-state index in [2.05, 4.69) is 5.32 Å². The smallest absolute Gasteiger partial charge is 0.255 e. The van der Waals surface area contributed by atoms with Gasteiger partial charge in [0.1, 0.15) is 5.82 Å². The number of halogens is 1. The molecular formula is C19H15FN2O2. The van der Waals surface area contributed by atoms with E-state index in [4.69, 9.17) is 0 Å². The van der Waals surface area contributed by atoms with Gasteiger partial charge in [-0.3, -0.25) is 14.2 Å². The molecule has 0 aliphatic rings. The summed E-state index contributed by atoms with van der Waals surface area (Å²) in [6, 6.07) is 17.9. The monoisotopic (exact) mass is 322 g/mol. The number of carbonyl (C=O) groups excluding carboxylic acids is 1. The molecule has 24 heavy (non-hydrogen) atoms. The van der Waals surface area contributed by atoms with Gasteiger partial charge in [-0.15, -0.1) is 0 Å². The van der Waals surface area contributed by atoms with Crippen molar-refractivity contribution in [2.75, 3.05) is 5.32 Å². The van der Waals surface area contributed by atoms with Gasteiger partial charge in [0.25, 0.3) is 5.56 Å². The van der Waals surface area contributed by atoms with Gasteiger partial charge in [0.05, 0.1) is 12.1 Å². The first-order chi connectivity index (χ1) is 11.6. The number of para-hydroxylation sites is 1. The number of nitrogens with zero attached hydrogens (tertiary/aromatic N) is 1. The molecule has 0 atom stereocenters. The number of hydrogen-bond acceptors (Lipinski definition) is 2. The van der Waals surface area contributed by atoms with Crippen LogP contribution in [-0.2, 0) is 11.2 Å². The molecule has 1 N–H and O–H groups in total. The van der Waals surface area contributed by atoms with Crippen LogP contribution in [0.3, 0.4) is 0 Å². The van der Waals surface area contributed by atoms with Crippen LogP contribution < -0.4 is 10.9 Å². The molecule has 2 aromatic carbocycles. The van der Waals surface area contributed by atoms with Crippen LogP contribution in [0.1, 0.15) is 5.56 Å². The molecule has 0 bridgehead atoms. The lowest BCUT2D eigenvalue weighted by Crippen LogP contribution is -2.20. The van der Waals surface area contributed by atoms with Crippen molar-refractivity contribution in [3.8, 4) is 5.69 Å². The summed E-state index contributed by atoms with van der Waals surface area (Å²) in [5.41, 5.74) is 1.77. The van der Waals surface area contributed by atoms with Crippen LogP contribution in [-0.4, -0.2) is 10.5 Å². The Labute approximate surface area is 138 Å². The number of aromatic nitrogens is 1. The van der Waals surface area contributed by atoms with Crippen molar-refractivity contribution in [2.45, 2.75) is 6.42 Å². The number of hydrogen-bond donors (Lipinski definition) is 1. The molecule has 1 aromatic heterocycles. The Morgan fingerprint density at radius 3 is 2.38 bits per heavy atom. The molecule has 1 amide bonds. The topological polar surface area (TPSA) is 51.1 Å². The van der Waals surface area contributed by atoms with Gasteiger partial charge in [-0.1, -0.05) is 30.3 Å². The highest BCUT2D eigenvalue weighted by Gasteiger charge is 2.06. The minimum Gasteiger partial charge on any atom is -0.324 e. The number of pyridine rings is 1. The van der Waals surface area contributed by atoms with E-state index in [0.717, 1.165) is 5.69 Å². The number of rotatable bonds is 4. The zero-order valence-corrected chi connectivity index (χ0v) is 12.8. The lowest BCUT2D eigenvalue weighted by molar-refractivity contribution is -0.115. The molecule has 0 saturated heterocycles. The van der Waals surface area contributed by atoms with Gasteiger partial charge in [-0.05, 0) is 35.9 Å². The van der Waals surface area contributed by atoms with Crippen LogP contribution in [0.4, 0.5) is 10.1 Å².